The number of aliphatic imine (C=N–C) groups is 1. The van der Waals surface area contributed by atoms with Crippen LogP contribution in [0.3, 0.4) is 0 Å². The van der Waals surface area contributed by atoms with Crippen LogP contribution in [0, 0.1) is 0 Å². The highest BCUT2D eigenvalue weighted by molar-refractivity contribution is 7.12. The molecule has 0 aliphatic carbocycles. The molecule has 1 aromatic carbocycles. The first-order chi connectivity index (χ1) is 9.08. The summed E-state index contributed by atoms with van der Waals surface area (Å²) >= 11 is 1.59. The summed E-state index contributed by atoms with van der Waals surface area (Å²) in [6.07, 6.45) is 0. The van der Waals surface area contributed by atoms with Crippen molar-refractivity contribution in [3.05, 3.63) is 52.2 Å². The van der Waals surface area contributed by atoms with Gasteiger partial charge in [-0.15, -0.1) is 11.3 Å². The summed E-state index contributed by atoms with van der Waals surface area (Å²) in [5.41, 5.74) is 2.00. The monoisotopic (exact) mass is 270 g/mol. The number of fused-ring (bicyclic) bond motifs is 1. The van der Waals surface area contributed by atoms with Gasteiger partial charge in [0.2, 0.25) is 0 Å². The summed E-state index contributed by atoms with van der Waals surface area (Å²) in [5, 5.41) is 5.28. The highest BCUT2D eigenvalue weighted by atomic mass is 32.1. The molecule has 0 saturated carbocycles. The SMILES string of the molecule is CC1(C)Nc2ccccc2C(c2cccs2)=NC1=O. The summed E-state index contributed by atoms with van der Waals surface area (Å²) in [6.45, 7) is 3.71. The predicted octanol–water partition coefficient (Wildman–Crippen LogP) is 3.32. The number of rotatable bonds is 1. The molecule has 1 amide bonds. The third-order valence-corrected chi connectivity index (χ3v) is 4.01. The highest BCUT2D eigenvalue weighted by Crippen LogP contribution is 2.28. The number of amides is 1. The van der Waals surface area contributed by atoms with Crippen LogP contribution < -0.4 is 5.32 Å². The lowest BCUT2D eigenvalue weighted by Crippen LogP contribution is -2.38. The zero-order chi connectivity index (χ0) is 13.5. The van der Waals surface area contributed by atoms with Crippen LogP contribution in [0.2, 0.25) is 0 Å². The number of nitrogens with one attached hydrogen (secondary N) is 1. The van der Waals surface area contributed by atoms with E-state index in [0.717, 1.165) is 21.8 Å². The molecule has 96 valence electrons. The van der Waals surface area contributed by atoms with Crippen molar-refractivity contribution < 1.29 is 4.79 Å². The molecular formula is C15H14N2OS. The Balaban J connectivity index is 2.24. The number of benzene rings is 1. The Bertz CT molecular complexity index is 657. The van der Waals surface area contributed by atoms with Gasteiger partial charge in [0.15, 0.2) is 0 Å². The fourth-order valence-corrected chi connectivity index (χ4v) is 2.82. The van der Waals surface area contributed by atoms with E-state index in [4.69, 9.17) is 0 Å². The third kappa shape index (κ3) is 2.08. The molecule has 0 fully saturated rings. The molecule has 3 rings (SSSR count). The van der Waals surface area contributed by atoms with Gasteiger partial charge in [-0.25, -0.2) is 4.99 Å². The average molecular weight is 270 g/mol. The Morgan fingerprint density at radius 2 is 1.95 bits per heavy atom. The summed E-state index contributed by atoms with van der Waals surface area (Å²) < 4.78 is 0. The van der Waals surface area contributed by atoms with Crippen LogP contribution in [0.5, 0.6) is 0 Å². The number of nitrogens with zero attached hydrogens (tertiary/aromatic N) is 1. The van der Waals surface area contributed by atoms with Crippen molar-refractivity contribution in [2.45, 2.75) is 19.4 Å². The summed E-state index contributed by atoms with van der Waals surface area (Å²) in [4.78, 5) is 17.6. The van der Waals surface area contributed by atoms with Gasteiger partial charge in [0.05, 0.1) is 10.6 Å². The minimum atomic E-state index is -0.685. The van der Waals surface area contributed by atoms with Gasteiger partial charge in [0.1, 0.15) is 5.54 Å². The number of anilines is 1. The Morgan fingerprint density at radius 1 is 1.16 bits per heavy atom. The first kappa shape index (κ1) is 12.1. The molecular weight excluding hydrogens is 256 g/mol. The zero-order valence-corrected chi connectivity index (χ0v) is 11.6. The van der Waals surface area contributed by atoms with Gasteiger partial charge < -0.3 is 5.32 Å². The first-order valence-electron chi connectivity index (χ1n) is 6.12. The van der Waals surface area contributed by atoms with Crippen molar-refractivity contribution in [2.75, 3.05) is 5.32 Å². The maximum atomic E-state index is 12.3. The van der Waals surface area contributed by atoms with Crippen LogP contribution in [-0.2, 0) is 4.79 Å². The van der Waals surface area contributed by atoms with Crippen LogP contribution in [0.1, 0.15) is 24.3 Å². The van der Waals surface area contributed by atoms with Gasteiger partial charge in [-0.1, -0.05) is 24.3 Å². The second kappa shape index (κ2) is 4.31. The molecule has 4 heteroatoms. The fourth-order valence-electron chi connectivity index (χ4n) is 2.09. The molecule has 1 aliphatic rings. The molecule has 0 atom stereocenters. The van der Waals surface area contributed by atoms with Crippen LogP contribution >= 0.6 is 11.3 Å². The number of benzodiazepines with no additional fused rings is 1. The number of carbonyl (C=O) groups is 1. The predicted molar refractivity (Wildman–Crippen MR) is 79.1 cm³/mol. The second-order valence-electron chi connectivity index (χ2n) is 5.04. The zero-order valence-electron chi connectivity index (χ0n) is 10.8. The lowest BCUT2D eigenvalue weighted by atomic mass is 10.0. The van der Waals surface area contributed by atoms with Crippen molar-refractivity contribution in [1.29, 1.82) is 0 Å². The molecule has 0 unspecified atom stereocenters. The number of hydrogen-bond donors (Lipinski definition) is 1. The molecule has 19 heavy (non-hydrogen) atoms. The maximum Gasteiger partial charge on any atom is 0.271 e. The molecule has 0 radical (unpaired) electrons. The van der Waals surface area contributed by atoms with Gasteiger partial charge in [0.25, 0.3) is 5.91 Å². The lowest BCUT2D eigenvalue weighted by Gasteiger charge is -2.22. The molecule has 2 aromatic rings. The van der Waals surface area contributed by atoms with Gasteiger partial charge >= 0.3 is 0 Å². The molecule has 0 spiro atoms. The minimum Gasteiger partial charge on any atom is -0.371 e. The Hall–Kier alpha value is -1.94. The Morgan fingerprint density at radius 3 is 2.68 bits per heavy atom. The molecule has 0 saturated heterocycles. The van der Waals surface area contributed by atoms with Gasteiger partial charge in [0, 0.05) is 11.3 Å². The average Bonchev–Trinajstić information content (AvgIpc) is 2.86. The summed E-state index contributed by atoms with van der Waals surface area (Å²) in [6, 6.07) is 11.9. The van der Waals surface area contributed by atoms with E-state index in [2.05, 4.69) is 10.3 Å². The van der Waals surface area contributed by atoms with E-state index in [1.54, 1.807) is 11.3 Å². The summed E-state index contributed by atoms with van der Waals surface area (Å²) in [5.74, 6) is -0.146. The first-order valence-corrected chi connectivity index (χ1v) is 7.00. The highest BCUT2D eigenvalue weighted by Gasteiger charge is 2.32. The molecule has 3 nitrogen and oxygen atoms in total. The topological polar surface area (TPSA) is 41.5 Å². The number of carbonyl (C=O) groups excluding carboxylic acids is 1. The fraction of sp³-hybridized carbons (Fsp3) is 0.200. The smallest absolute Gasteiger partial charge is 0.271 e. The van der Waals surface area contributed by atoms with E-state index in [0.29, 0.717) is 0 Å². The van der Waals surface area contributed by atoms with Gasteiger partial charge in [-0.3, -0.25) is 4.79 Å². The number of para-hydroxylation sites is 1. The van der Waals surface area contributed by atoms with Gasteiger partial charge in [-0.05, 0) is 31.4 Å². The minimum absolute atomic E-state index is 0.146. The standard InChI is InChI=1S/C15H14N2OS/c1-15(2)14(18)16-13(12-8-5-9-19-12)10-6-3-4-7-11(10)17-15/h3-9,17H,1-2H3. The van der Waals surface area contributed by atoms with E-state index in [-0.39, 0.29) is 5.91 Å². The second-order valence-corrected chi connectivity index (χ2v) is 5.99. The number of hydrogen-bond acceptors (Lipinski definition) is 3. The molecule has 1 aliphatic heterocycles. The van der Waals surface area contributed by atoms with Crippen LogP contribution in [0.4, 0.5) is 5.69 Å². The lowest BCUT2D eigenvalue weighted by molar-refractivity contribution is -0.121. The van der Waals surface area contributed by atoms with Crippen LogP contribution in [0.25, 0.3) is 0 Å². The van der Waals surface area contributed by atoms with E-state index in [1.165, 1.54) is 0 Å². The maximum absolute atomic E-state index is 12.3. The molecule has 0 bridgehead atoms. The largest absolute Gasteiger partial charge is 0.371 e. The van der Waals surface area contributed by atoms with Crippen molar-refractivity contribution in [1.82, 2.24) is 0 Å². The van der Waals surface area contributed by atoms with Crippen LogP contribution in [0.15, 0.2) is 46.8 Å². The van der Waals surface area contributed by atoms with E-state index >= 15 is 0 Å². The van der Waals surface area contributed by atoms with Crippen molar-refractivity contribution in [3.8, 4) is 0 Å². The third-order valence-electron chi connectivity index (χ3n) is 3.13. The van der Waals surface area contributed by atoms with E-state index in [1.807, 2.05) is 55.6 Å². The van der Waals surface area contributed by atoms with Gasteiger partial charge in [-0.2, -0.15) is 0 Å². The molecule has 1 aromatic heterocycles. The Labute approximate surface area is 116 Å². The molecule has 2 heterocycles. The molecule has 1 N–H and O–H groups in total. The quantitative estimate of drug-likeness (QED) is 0.863. The number of thiophene rings is 1. The van der Waals surface area contributed by atoms with E-state index in [9.17, 15) is 4.79 Å². The van der Waals surface area contributed by atoms with Crippen molar-refractivity contribution in [2.24, 2.45) is 4.99 Å². The Kier molecular flexibility index (Phi) is 2.75. The van der Waals surface area contributed by atoms with E-state index < -0.39 is 5.54 Å². The van der Waals surface area contributed by atoms with Crippen LogP contribution in [-0.4, -0.2) is 17.2 Å². The van der Waals surface area contributed by atoms with Crippen molar-refractivity contribution in [3.63, 3.8) is 0 Å². The summed E-state index contributed by atoms with van der Waals surface area (Å²) in [7, 11) is 0. The normalized spacial score (nSPS) is 17.2. The van der Waals surface area contributed by atoms with Crippen molar-refractivity contribution >= 4 is 28.6 Å².